The van der Waals surface area contributed by atoms with E-state index >= 15 is 0 Å². The summed E-state index contributed by atoms with van der Waals surface area (Å²) in [4.78, 5) is 4.83. The van der Waals surface area contributed by atoms with E-state index in [0.29, 0.717) is 0 Å². The van der Waals surface area contributed by atoms with E-state index in [-0.39, 0.29) is 6.04 Å². The van der Waals surface area contributed by atoms with Gasteiger partial charge in [0.2, 0.25) is 0 Å². The second kappa shape index (κ2) is 7.22. The Labute approximate surface area is 164 Å². The van der Waals surface area contributed by atoms with Crippen molar-refractivity contribution >= 4 is 5.52 Å². The first-order valence-corrected chi connectivity index (χ1v) is 9.62. The molecule has 0 unspecified atom stereocenters. The molecule has 1 atom stereocenters. The lowest BCUT2D eigenvalue weighted by Crippen LogP contribution is -2.46. The van der Waals surface area contributed by atoms with Crippen LogP contribution in [0.5, 0.6) is 0 Å². The van der Waals surface area contributed by atoms with Gasteiger partial charge in [0.25, 0.3) is 0 Å². The molecule has 1 fully saturated rings. The normalized spacial score (nSPS) is 18.7. The number of aromatic nitrogens is 3. The zero-order valence-corrected chi connectivity index (χ0v) is 15.9. The summed E-state index contributed by atoms with van der Waals surface area (Å²) in [6.45, 7) is 3.87. The quantitative estimate of drug-likeness (QED) is 0.548. The van der Waals surface area contributed by atoms with Gasteiger partial charge in [-0.1, -0.05) is 41.6 Å². The SMILES string of the molecule is CN1CCN(Cc2ccoc2)C[C@@H]1c1nnn2cc(-c3ccccc3)ccc12. The topological polar surface area (TPSA) is 49.8 Å². The molecule has 1 aliphatic heterocycles. The monoisotopic (exact) mass is 373 g/mol. The van der Waals surface area contributed by atoms with Gasteiger partial charge < -0.3 is 4.42 Å². The van der Waals surface area contributed by atoms with Gasteiger partial charge in [-0.05, 0) is 24.7 Å². The Kier molecular flexibility index (Phi) is 4.43. The van der Waals surface area contributed by atoms with Crippen molar-refractivity contribution < 1.29 is 4.42 Å². The molecule has 0 saturated carbocycles. The van der Waals surface area contributed by atoms with Gasteiger partial charge >= 0.3 is 0 Å². The third kappa shape index (κ3) is 3.21. The average Bonchev–Trinajstić information content (AvgIpc) is 3.39. The first-order valence-electron chi connectivity index (χ1n) is 9.62. The third-order valence-electron chi connectivity index (χ3n) is 5.58. The molecule has 4 aromatic rings. The molecule has 0 amide bonds. The van der Waals surface area contributed by atoms with E-state index < -0.39 is 0 Å². The zero-order valence-electron chi connectivity index (χ0n) is 15.9. The Morgan fingerprint density at radius 3 is 2.75 bits per heavy atom. The lowest BCUT2D eigenvalue weighted by molar-refractivity contribution is 0.0888. The van der Waals surface area contributed by atoms with E-state index in [9.17, 15) is 0 Å². The minimum atomic E-state index is 0.223. The van der Waals surface area contributed by atoms with Crippen LogP contribution in [-0.2, 0) is 6.54 Å². The molecule has 142 valence electrons. The van der Waals surface area contributed by atoms with Crippen LogP contribution in [0.2, 0.25) is 0 Å². The van der Waals surface area contributed by atoms with Crippen molar-refractivity contribution in [2.24, 2.45) is 0 Å². The van der Waals surface area contributed by atoms with Crippen molar-refractivity contribution in [1.29, 1.82) is 0 Å². The molecule has 4 heterocycles. The van der Waals surface area contributed by atoms with Gasteiger partial charge in [0, 0.05) is 43.5 Å². The Morgan fingerprint density at radius 2 is 1.93 bits per heavy atom. The Bertz CT molecular complexity index is 1060. The molecule has 28 heavy (non-hydrogen) atoms. The Morgan fingerprint density at radius 1 is 1.04 bits per heavy atom. The van der Waals surface area contributed by atoms with E-state index in [2.05, 4.69) is 69.8 Å². The highest BCUT2D eigenvalue weighted by Gasteiger charge is 2.29. The van der Waals surface area contributed by atoms with E-state index in [1.807, 2.05) is 22.9 Å². The highest BCUT2D eigenvalue weighted by molar-refractivity contribution is 5.66. The highest BCUT2D eigenvalue weighted by Crippen LogP contribution is 2.28. The zero-order chi connectivity index (χ0) is 18.9. The fourth-order valence-corrected chi connectivity index (χ4v) is 3.96. The number of rotatable bonds is 4. The Hall–Kier alpha value is -2.96. The van der Waals surface area contributed by atoms with Gasteiger partial charge in [0.05, 0.1) is 24.1 Å². The minimum absolute atomic E-state index is 0.223. The van der Waals surface area contributed by atoms with Crippen LogP contribution < -0.4 is 0 Å². The summed E-state index contributed by atoms with van der Waals surface area (Å²) in [7, 11) is 2.17. The van der Waals surface area contributed by atoms with E-state index in [1.165, 1.54) is 11.1 Å². The molecule has 1 aliphatic rings. The minimum Gasteiger partial charge on any atom is -0.472 e. The summed E-state index contributed by atoms with van der Waals surface area (Å²) in [6.07, 6.45) is 5.62. The molecule has 0 aliphatic carbocycles. The fraction of sp³-hybridized carbons (Fsp3) is 0.273. The first-order chi connectivity index (χ1) is 13.8. The molecule has 1 aromatic carbocycles. The predicted molar refractivity (Wildman–Crippen MR) is 108 cm³/mol. The van der Waals surface area contributed by atoms with E-state index in [0.717, 1.165) is 43.0 Å². The average molecular weight is 373 g/mol. The highest BCUT2D eigenvalue weighted by atomic mass is 16.3. The van der Waals surface area contributed by atoms with Crippen LogP contribution in [0.15, 0.2) is 71.7 Å². The second-order valence-corrected chi connectivity index (χ2v) is 7.45. The molecule has 5 rings (SSSR count). The summed E-state index contributed by atoms with van der Waals surface area (Å²) >= 11 is 0. The number of nitrogens with zero attached hydrogens (tertiary/aromatic N) is 5. The van der Waals surface area contributed by atoms with E-state index in [4.69, 9.17) is 4.42 Å². The summed E-state index contributed by atoms with van der Waals surface area (Å²) < 4.78 is 7.12. The van der Waals surface area contributed by atoms with Crippen molar-refractivity contribution in [3.63, 3.8) is 0 Å². The van der Waals surface area contributed by atoms with Gasteiger partial charge in [0.15, 0.2) is 0 Å². The summed E-state index contributed by atoms with van der Waals surface area (Å²) in [5.41, 5.74) is 5.65. The molecule has 3 aromatic heterocycles. The van der Waals surface area contributed by atoms with Crippen LogP contribution in [0.3, 0.4) is 0 Å². The molecular formula is C22H23N5O. The number of furan rings is 1. The van der Waals surface area contributed by atoms with E-state index in [1.54, 1.807) is 6.26 Å². The number of fused-ring (bicyclic) bond motifs is 1. The number of pyridine rings is 1. The first kappa shape index (κ1) is 17.2. The second-order valence-electron chi connectivity index (χ2n) is 7.45. The molecule has 6 nitrogen and oxygen atoms in total. The van der Waals surface area contributed by atoms with Crippen LogP contribution >= 0.6 is 0 Å². The molecule has 0 spiro atoms. The largest absolute Gasteiger partial charge is 0.472 e. The lowest BCUT2D eigenvalue weighted by atomic mass is 10.1. The van der Waals surface area contributed by atoms with Gasteiger partial charge in [-0.15, -0.1) is 5.10 Å². The summed E-state index contributed by atoms with van der Waals surface area (Å²) in [5.74, 6) is 0. The van der Waals surface area contributed by atoms with Crippen LogP contribution in [-0.4, -0.2) is 51.3 Å². The van der Waals surface area contributed by atoms with Gasteiger partial charge in [0.1, 0.15) is 5.69 Å². The smallest absolute Gasteiger partial charge is 0.109 e. The maximum Gasteiger partial charge on any atom is 0.109 e. The maximum atomic E-state index is 5.22. The Balaban J connectivity index is 1.43. The molecule has 6 heteroatoms. The fourth-order valence-electron chi connectivity index (χ4n) is 3.96. The molecule has 0 bridgehead atoms. The van der Waals surface area contributed by atoms with Crippen molar-refractivity contribution in [1.82, 2.24) is 24.6 Å². The molecular weight excluding hydrogens is 350 g/mol. The number of benzene rings is 1. The van der Waals surface area contributed by atoms with Crippen molar-refractivity contribution in [2.75, 3.05) is 26.7 Å². The van der Waals surface area contributed by atoms with Crippen LogP contribution in [0.1, 0.15) is 17.3 Å². The number of piperazine rings is 1. The number of hydrogen-bond donors (Lipinski definition) is 0. The third-order valence-corrected chi connectivity index (χ3v) is 5.58. The standard InChI is InChI=1S/C22H23N5O/c1-25-10-11-26(13-17-9-12-28-16-17)15-21(25)22-20-8-7-19(14-27(20)24-23-22)18-5-3-2-4-6-18/h2-9,12,14,16,21H,10-11,13,15H2,1H3/t21-/m1/s1. The predicted octanol–water partition coefficient (Wildman–Crippen LogP) is 3.48. The van der Waals surface area contributed by atoms with Crippen molar-refractivity contribution in [3.05, 3.63) is 78.5 Å². The summed E-state index contributed by atoms with van der Waals surface area (Å²) in [5, 5.41) is 8.98. The van der Waals surface area contributed by atoms with Crippen molar-refractivity contribution in [3.8, 4) is 11.1 Å². The molecule has 1 saturated heterocycles. The molecule has 0 radical (unpaired) electrons. The van der Waals surface area contributed by atoms with Gasteiger partial charge in [-0.25, -0.2) is 4.52 Å². The van der Waals surface area contributed by atoms with Gasteiger partial charge in [-0.2, -0.15) is 0 Å². The summed E-state index contributed by atoms with van der Waals surface area (Å²) in [6, 6.07) is 16.9. The van der Waals surface area contributed by atoms with Crippen molar-refractivity contribution in [2.45, 2.75) is 12.6 Å². The molecule has 0 N–H and O–H groups in total. The van der Waals surface area contributed by atoms with Gasteiger partial charge in [-0.3, -0.25) is 9.80 Å². The number of hydrogen-bond acceptors (Lipinski definition) is 5. The van der Waals surface area contributed by atoms with Crippen LogP contribution in [0, 0.1) is 0 Å². The number of likely N-dealkylation sites (N-methyl/N-ethyl adjacent to an activating group) is 1. The lowest BCUT2D eigenvalue weighted by Gasteiger charge is -2.38. The van der Waals surface area contributed by atoms with Crippen LogP contribution in [0.4, 0.5) is 0 Å². The van der Waals surface area contributed by atoms with Crippen LogP contribution in [0.25, 0.3) is 16.6 Å². The maximum absolute atomic E-state index is 5.22.